The Morgan fingerprint density at radius 2 is 2.30 bits per heavy atom. The van der Waals surface area contributed by atoms with E-state index in [2.05, 4.69) is 4.40 Å². The minimum Gasteiger partial charge on any atom is -0.591 e. The topological polar surface area (TPSA) is 44.7 Å². The van der Waals surface area contributed by atoms with Gasteiger partial charge in [0.15, 0.2) is 11.6 Å². The molecule has 0 N–H and O–H groups in total. The van der Waals surface area contributed by atoms with Gasteiger partial charge in [-0.15, -0.1) is 0 Å². The van der Waals surface area contributed by atoms with Crippen LogP contribution in [-0.4, -0.2) is 23.1 Å². The van der Waals surface area contributed by atoms with Gasteiger partial charge < -0.3 is 9.29 Å². The molecule has 2 rings (SSSR count). The minimum atomic E-state index is -1.20. The van der Waals surface area contributed by atoms with Gasteiger partial charge in [0.25, 0.3) is 0 Å². The molecule has 3 nitrogen and oxygen atoms in total. The molecule has 20 heavy (non-hydrogen) atoms. The first-order valence-corrected chi connectivity index (χ1v) is 8.31. The quantitative estimate of drug-likeness (QED) is 0.544. The van der Waals surface area contributed by atoms with E-state index in [0.717, 1.165) is 12.8 Å². The van der Waals surface area contributed by atoms with Gasteiger partial charge in [0.1, 0.15) is 5.75 Å². The standard InChI is InChI=1S/C15H20FNO2S/c1-2-3-8-20(18)17-10-13-6-7-14(16)15(9-13)19-11-12-4-5-12/h6-7,9-10,12H,2-5,8,11H2,1H3/b17-10-. The van der Waals surface area contributed by atoms with Gasteiger partial charge in [-0.25, -0.2) is 4.39 Å². The second kappa shape index (κ2) is 7.64. The predicted octanol–water partition coefficient (Wildman–Crippen LogP) is 3.50. The number of benzene rings is 1. The Labute approximate surface area is 122 Å². The number of nitrogens with zero attached hydrogens (tertiary/aromatic N) is 1. The van der Waals surface area contributed by atoms with Crippen LogP contribution >= 0.6 is 0 Å². The lowest BCUT2D eigenvalue weighted by molar-refractivity contribution is 0.285. The Morgan fingerprint density at radius 1 is 1.50 bits per heavy atom. The zero-order valence-electron chi connectivity index (χ0n) is 11.7. The monoisotopic (exact) mass is 297 g/mol. The first-order valence-electron chi connectivity index (χ1n) is 7.04. The summed E-state index contributed by atoms with van der Waals surface area (Å²) in [5, 5.41) is 0. The third-order valence-corrected chi connectivity index (χ3v) is 4.10. The SMILES string of the molecule is CCCC[S+]([O-])/N=C\c1ccc(F)c(OCC2CC2)c1. The molecule has 1 fully saturated rings. The fourth-order valence-corrected chi connectivity index (χ4v) is 2.52. The molecule has 1 aromatic rings. The van der Waals surface area contributed by atoms with Gasteiger partial charge in [-0.1, -0.05) is 23.8 Å². The molecular weight excluding hydrogens is 277 g/mol. The van der Waals surface area contributed by atoms with Gasteiger partial charge in [-0.3, -0.25) is 0 Å². The van der Waals surface area contributed by atoms with Crippen LogP contribution in [0.3, 0.4) is 0 Å². The van der Waals surface area contributed by atoms with Crippen molar-refractivity contribution in [3.05, 3.63) is 29.6 Å². The van der Waals surface area contributed by atoms with Crippen LogP contribution < -0.4 is 4.74 Å². The van der Waals surface area contributed by atoms with Gasteiger partial charge in [0, 0.05) is 5.56 Å². The van der Waals surface area contributed by atoms with Crippen molar-refractivity contribution in [2.45, 2.75) is 32.6 Å². The molecule has 0 spiro atoms. The molecule has 1 aliphatic rings. The Bertz CT molecular complexity index is 463. The molecule has 0 amide bonds. The molecule has 1 aliphatic carbocycles. The smallest absolute Gasteiger partial charge is 0.165 e. The lowest BCUT2D eigenvalue weighted by atomic mass is 10.2. The third-order valence-electron chi connectivity index (χ3n) is 3.12. The van der Waals surface area contributed by atoms with Crippen molar-refractivity contribution in [1.29, 1.82) is 0 Å². The van der Waals surface area contributed by atoms with E-state index in [0.29, 0.717) is 23.8 Å². The minimum absolute atomic E-state index is 0.250. The Balaban J connectivity index is 1.93. The highest BCUT2D eigenvalue weighted by Gasteiger charge is 2.22. The van der Waals surface area contributed by atoms with Crippen LogP contribution in [0.4, 0.5) is 4.39 Å². The number of hydrogen-bond acceptors (Lipinski definition) is 3. The van der Waals surface area contributed by atoms with Crippen LogP contribution in [0.25, 0.3) is 0 Å². The normalized spacial score (nSPS) is 16.6. The number of unbranched alkanes of at least 4 members (excludes halogenated alkanes) is 1. The highest BCUT2D eigenvalue weighted by Crippen LogP contribution is 2.30. The van der Waals surface area contributed by atoms with E-state index in [9.17, 15) is 8.94 Å². The van der Waals surface area contributed by atoms with Gasteiger partial charge in [0.05, 0.1) is 24.2 Å². The van der Waals surface area contributed by atoms with Crippen molar-refractivity contribution in [3.63, 3.8) is 0 Å². The largest absolute Gasteiger partial charge is 0.591 e. The van der Waals surface area contributed by atoms with Gasteiger partial charge in [0.2, 0.25) is 0 Å². The molecule has 1 saturated carbocycles. The molecule has 0 bridgehead atoms. The molecule has 0 saturated heterocycles. The maximum absolute atomic E-state index is 13.6. The summed E-state index contributed by atoms with van der Waals surface area (Å²) >= 11 is -1.20. The summed E-state index contributed by atoms with van der Waals surface area (Å²) in [5.41, 5.74) is 0.710. The maximum Gasteiger partial charge on any atom is 0.165 e. The molecule has 1 unspecified atom stereocenters. The van der Waals surface area contributed by atoms with E-state index < -0.39 is 11.4 Å². The molecule has 0 radical (unpaired) electrons. The van der Waals surface area contributed by atoms with Gasteiger partial charge in [-0.2, -0.15) is 0 Å². The predicted molar refractivity (Wildman–Crippen MR) is 80.1 cm³/mol. The highest BCUT2D eigenvalue weighted by molar-refractivity contribution is 7.90. The number of hydrogen-bond donors (Lipinski definition) is 0. The van der Waals surface area contributed by atoms with Crippen LogP contribution in [0.1, 0.15) is 38.2 Å². The van der Waals surface area contributed by atoms with Crippen LogP contribution in [-0.2, 0) is 11.4 Å². The Kier molecular flexibility index (Phi) is 5.86. The van der Waals surface area contributed by atoms with Crippen molar-refractivity contribution in [3.8, 4) is 5.75 Å². The van der Waals surface area contributed by atoms with E-state index in [4.69, 9.17) is 4.74 Å². The summed E-state index contributed by atoms with van der Waals surface area (Å²) in [4.78, 5) is 0. The fraction of sp³-hybridized carbons (Fsp3) is 0.533. The van der Waals surface area contributed by atoms with E-state index in [1.54, 1.807) is 12.1 Å². The van der Waals surface area contributed by atoms with Crippen molar-refractivity contribution >= 4 is 17.6 Å². The molecule has 1 atom stereocenters. The van der Waals surface area contributed by atoms with Crippen LogP contribution in [0.2, 0.25) is 0 Å². The molecule has 0 aromatic heterocycles. The average molecular weight is 297 g/mol. The zero-order valence-corrected chi connectivity index (χ0v) is 12.5. The van der Waals surface area contributed by atoms with Crippen molar-refractivity contribution in [1.82, 2.24) is 0 Å². The van der Waals surface area contributed by atoms with Crippen LogP contribution in [0.15, 0.2) is 22.6 Å². The summed E-state index contributed by atoms with van der Waals surface area (Å²) in [6.07, 6.45) is 5.74. The van der Waals surface area contributed by atoms with Gasteiger partial charge >= 0.3 is 0 Å². The lowest BCUT2D eigenvalue weighted by Crippen LogP contribution is -2.03. The van der Waals surface area contributed by atoms with Crippen LogP contribution in [0.5, 0.6) is 5.75 Å². The Morgan fingerprint density at radius 3 is 3.00 bits per heavy atom. The van der Waals surface area contributed by atoms with E-state index in [1.165, 1.54) is 25.1 Å². The van der Waals surface area contributed by atoms with Gasteiger partial charge in [-0.05, 0) is 37.3 Å². The van der Waals surface area contributed by atoms with Crippen LogP contribution in [0, 0.1) is 11.7 Å². The summed E-state index contributed by atoms with van der Waals surface area (Å²) < 4.78 is 34.6. The lowest BCUT2D eigenvalue weighted by Gasteiger charge is -2.07. The van der Waals surface area contributed by atoms with Crippen molar-refractivity contribution in [2.75, 3.05) is 12.4 Å². The number of halogens is 1. The molecular formula is C15H20FNO2S. The van der Waals surface area contributed by atoms with Crippen molar-refractivity contribution < 1.29 is 13.7 Å². The first-order chi connectivity index (χ1) is 9.69. The summed E-state index contributed by atoms with van der Waals surface area (Å²) in [6.45, 7) is 2.62. The summed E-state index contributed by atoms with van der Waals surface area (Å²) in [5.74, 6) is 1.03. The molecule has 0 heterocycles. The molecule has 110 valence electrons. The third kappa shape index (κ3) is 5.13. The highest BCUT2D eigenvalue weighted by atomic mass is 32.2. The molecule has 0 aliphatic heterocycles. The fourth-order valence-electron chi connectivity index (χ4n) is 1.64. The maximum atomic E-state index is 13.6. The van der Waals surface area contributed by atoms with E-state index >= 15 is 0 Å². The van der Waals surface area contributed by atoms with E-state index in [-0.39, 0.29) is 11.6 Å². The second-order valence-corrected chi connectivity index (χ2v) is 6.32. The molecule has 1 aromatic carbocycles. The summed E-state index contributed by atoms with van der Waals surface area (Å²) in [7, 11) is 0. The summed E-state index contributed by atoms with van der Waals surface area (Å²) in [6, 6.07) is 4.58. The zero-order chi connectivity index (χ0) is 14.4. The van der Waals surface area contributed by atoms with Crippen molar-refractivity contribution in [2.24, 2.45) is 10.3 Å². The Hall–Kier alpha value is -1.07. The molecule has 5 heteroatoms. The number of rotatable bonds is 8. The number of ether oxygens (including phenoxy) is 1. The second-order valence-electron chi connectivity index (χ2n) is 5.06. The average Bonchev–Trinajstić information content (AvgIpc) is 3.27. The van der Waals surface area contributed by atoms with E-state index in [1.807, 2.05) is 6.92 Å². The first kappa shape index (κ1) is 15.3.